The van der Waals surface area contributed by atoms with Gasteiger partial charge in [-0.3, -0.25) is 9.78 Å². The minimum absolute atomic E-state index is 0.0945. The number of hydrogen-bond donors (Lipinski definition) is 1. The van der Waals surface area contributed by atoms with Gasteiger partial charge in [0.25, 0.3) is 5.91 Å². The SMILES string of the molecule is Cc1ccc(C(=O)N2CCC(CCN)C2)cn1. The first kappa shape index (κ1) is 12.0. The molecule has 1 saturated heterocycles. The maximum Gasteiger partial charge on any atom is 0.255 e. The Bertz CT molecular complexity index is 388. The van der Waals surface area contributed by atoms with Crippen LogP contribution >= 0.6 is 0 Å². The van der Waals surface area contributed by atoms with E-state index in [0.29, 0.717) is 18.0 Å². The summed E-state index contributed by atoms with van der Waals surface area (Å²) in [6.07, 6.45) is 3.74. The summed E-state index contributed by atoms with van der Waals surface area (Å²) in [4.78, 5) is 18.2. The van der Waals surface area contributed by atoms with Crippen molar-refractivity contribution in [2.24, 2.45) is 11.7 Å². The number of hydrogen-bond acceptors (Lipinski definition) is 3. The quantitative estimate of drug-likeness (QED) is 0.853. The lowest BCUT2D eigenvalue weighted by molar-refractivity contribution is 0.0786. The number of rotatable bonds is 3. The Labute approximate surface area is 102 Å². The monoisotopic (exact) mass is 233 g/mol. The highest BCUT2D eigenvalue weighted by Crippen LogP contribution is 2.20. The highest BCUT2D eigenvalue weighted by atomic mass is 16.2. The lowest BCUT2D eigenvalue weighted by Gasteiger charge is -2.16. The van der Waals surface area contributed by atoms with Crippen LogP contribution in [0.25, 0.3) is 0 Å². The lowest BCUT2D eigenvalue weighted by Crippen LogP contribution is -2.29. The van der Waals surface area contributed by atoms with Gasteiger partial charge in [-0.15, -0.1) is 0 Å². The van der Waals surface area contributed by atoms with Gasteiger partial charge in [-0.2, -0.15) is 0 Å². The molecule has 1 fully saturated rings. The first-order chi connectivity index (χ1) is 8.20. The summed E-state index contributed by atoms with van der Waals surface area (Å²) in [7, 11) is 0. The number of aromatic nitrogens is 1. The number of nitrogens with two attached hydrogens (primary N) is 1. The zero-order chi connectivity index (χ0) is 12.3. The van der Waals surface area contributed by atoms with E-state index in [1.54, 1.807) is 6.20 Å². The molecule has 0 bridgehead atoms. The topological polar surface area (TPSA) is 59.2 Å². The van der Waals surface area contributed by atoms with Gasteiger partial charge in [0, 0.05) is 25.0 Å². The fourth-order valence-corrected chi connectivity index (χ4v) is 2.27. The molecule has 1 aromatic heterocycles. The Morgan fingerprint density at radius 3 is 3.06 bits per heavy atom. The number of likely N-dealkylation sites (tertiary alicyclic amines) is 1. The molecule has 2 heterocycles. The van der Waals surface area contributed by atoms with Crippen LogP contribution in [0.2, 0.25) is 0 Å². The van der Waals surface area contributed by atoms with Crippen molar-refractivity contribution in [3.8, 4) is 0 Å². The second-order valence-electron chi connectivity index (χ2n) is 4.67. The molecule has 0 aromatic carbocycles. The fourth-order valence-electron chi connectivity index (χ4n) is 2.27. The number of nitrogens with zero attached hydrogens (tertiary/aromatic N) is 2. The highest BCUT2D eigenvalue weighted by Gasteiger charge is 2.26. The molecule has 1 aliphatic heterocycles. The number of aryl methyl sites for hydroxylation is 1. The zero-order valence-electron chi connectivity index (χ0n) is 10.2. The largest absolute Gasteiger partial charge is 0.338 e. The van der Waals surface area contributed by atoms with Crippen LogP contribution in [0.3, 0.4) is 0 Å². The molecular formula is C13H19N3O. The molecule has 1 aromatic rings. The maximum atomic E-state index is 12.2. The third kappa shape index (κ3) is 2.82. The summed E-state index contributed by atoms with van der Waals surface area (Å²) in [6, 6.07) is 3.72. The number of amides is 1. The molecule has 1 atom stereocenters. The summed E-state index contributed by atoms with van der Waals surface area (Å²) in [5.41, 5.74) is 7.16. The molecule has 4 heteroatoms. The van der Waals surface area contributed by atoms with Crippen LogP contribution in [-0.4, -0.2) is 35.4 Å². The fraction of sp³-hybridized carbons (Fsp3) is 0.538. The lowest BCUT2D eigenvalue weighted by atomic mass is 10.1. The van der Waals surface area contributed by atoms with Crippen LogP contribution in [0.4, 0.5) is 0 Å². The molecule has 0 radical (unpaired) electrons. The van der Waals surface area contributed by atoms with Gasteiger partial charge in [-0.05, 0) is 44.4 Å². The van der Waals surface area contributed by atoms with Crippen molar-refractivity contribution >= 4 is 5.91 Å². The Morgan fingerprint density at radius 2 is 2.41 bits per heavy atom. The van der Waals surface area contributed by atoms with Gasteiger partial charge in [0.1, 0.15) is 0 Å². The van der Waals surface area contributed by atoms with E-state index < -0.39 is 0 Å². The molecule has 17 heavy (non-hydrogen) atoms. The number of carbonyl (C=O) groups excluding carboxylic acids is 1. The van der Waals surface area contributed by atoms with Gasteiger partial charge in [-0.25, -0.2) is 0 Å². The average Bonchev–Trinajstić information content (AvgIpc) is 2.78. The maximum absolute atomic E-state index is 12.2. The van der Waals surface area contributed by atoms with Gasteiger partial charge in [0.15, 0.2) is 0 Å². The van der Waals surface area contributed by atoms with E-state index in [1.165, 1.54) is 0 Å². The number of pyridine rings is 1. The van der Waals surface area contributed by atoms with Crippen molar-refractivity contribution < 1.29 is 4.79 Å². The summed E-state index contributed by atoms with van der Waals surface area (Å²) in [5.74, 6) is 0.666. The van der Waals surface area contributed by atoms with Crippen molar-refractivity contribution in [3.05, 3.63) is 29.6 Å². The molecule has 1 aliphatic rings. The zero-order valence-corrected chi connectivity index (χ0v) is 10.2. The summed E-state index contributed by atoms with van der Waals surface area (Å²) >= 11 is 0. The minimum Gasteiger partial charge on any atom is -0.338 e. The van der Waals surface area contributed by atoms with Gasteiger partial charge in [0.2, 0.25) is 0 Å². The molecule has 1 amide bonds. The van der Waals surface area contributed by atoms with Crippen LogP contribution in [0.15, 0.2) is 18.3 Å². The predicted molar refractivity (Wildman–Crippen MR) is 66.7 cm³/mol. The average molecular weight is 233 g/mol. The Kier molecular flexibility index (Phi) is 3.74. The Hall–Kier alpha value is -1.42. The molecule has 1 unspecified atom stereocenters. The van der Waals surface area contributed by atoms with Crippen LogP contribution in [0.1, 0.15) is 28.9 Å². The first-order valence-corrected chi connectivity index (χ1v) is 6.12. The van der Waals surface area contributed by atoms with Gasteiger partial charge >= 0.3 is 0 Å². The smallest absolute Gasteiger partial charge is 0.255 e. The van der Waals surface area contributed by atoms with Crippen molar-refractivity contribution in [1.29, 1.82) is 0 Å². The van der Waals surface area contributed by atoms with Crippen molar-refractivity contribution in [2.75, 3.05) is 19.6 Å². The van der Waals surface area contributed by atoms with E-state index >= 15 is 0 Å². The molecule has 92 valence electrons. The van der Waals surface area contributed by atoms with Gasteiger partial charge in [0.05, 0.1) is 5.56 Å². The van der Waals surface area contributed by atoms with E-state index in [-0.39, 0.29) is 5.91 Å². The Balaban J connectivity index is 1.99. The molecule has 0 saturated carbocycles. The Morgan fingerprint density at radius 1 is 1.59 bits per heavy atom. The van der Waals surface area contributed by atoms with Crippen LogP contribution < -0.4 is 5.73 Å². The van der Waals surface area contributed by atoms with E-state index in [9.17, 15) is 4.79 Å². The predicted octanol–water partition coefficient (Wildman–Crippen LogP) is 1.20. The summed E-state index contributed by atoms with van der Waals surface area (Å²) in [5, 5.41) is 0. The van der Waals surface area contributed by atoms with E-state index in [0.717, 1.165) is 31.6 Å². The van der Waals surface area contributed by atoms with Gasteiger partial charge < -0.3 is 10.6 Å². The first-order valence-electron chi connectivity index (χ1n) is 6.12. The second-order valence-corrected chi connectivity index (χ2v) is 4.67. The second kappa shape index (κ2) is 5.27. The molecular weight excluding hydrogens is 214 g/mol. The molecule has 2 N–H and O–H groups in total. The molecule has 0 spiro atoms. The van der Waals surface area contributed by atoms with Crippen LogP contribution in [-0.2, 0) is 0 Å². The molecule has 4 nitrogen and oxygen atoms in total. The van der Waals surface area contributed by atoms with Crippen LogP contribution in [0.5, 0.6) is 0 Å². The van der Waals surface area contributed by atoms with Gasteiger partial charge in [-0.1, -0.05) is 0 Å². The van der Waals surface area contributed by atoms with Crippen LogP contribution in [0, 0.1) is 12.8 Å². The standard InChI is InChI=1S/C13H19N3O/c1-10-2-3-12(8-15-10)13(17)16-7-5-11(9-16)4-6-14/h2-3,8,11H,4-7,9,14H2,1H3. The minimum atomic E-state index is 0.0945. The number of carbonyl (C=O) groups is 1. The molecule has 2 rings (SSSR count). The highest BCUT2D eigenvalue weighted by molar-refractivity contribution is 5.94. The van der Waals surface area contributed by atoms with E-state index in [4.69, 9.17) is 5.73 Å². The van der Waals surface area contributed by atoms with Crippen molar-refractivity contribution in [2.45, 2.75) is 19.8 Å². The normalized spacial score (nSPS) is 19.6. The van der Waals surface area contributed by atoms with Crippen molar-refractivity contribution in [3.63, 3.8) is 0 Å². The summed E-state index contributed by atoms with van der Waals surface area (Å²) < 4.78 is 0. The van der Waals surface area contributed by atoms with Crippen molar-refractivity contribution in [1.82, 2.24) is 9.88 Å². The van der Waals surface area contributed by atoms with E-state index in [2.05, 4.69) is 4.98 Å². The molecule has 0 aliphatic carbocycles. The third-order valence-electron chi connectivity index (χ3n) is 3.31. The summed E-state index contributed by atoms with van der Waals surface area (Å²) in [6.45, 7) is 4.31. The van der Waals surface area contributed by atoms with E-state index in [1.807, 2.05) is 24.0 Å². The third-order valence-corrected chi connectivity index (χ3v) is 3.31.